The van der Waals surface area contributed by atoms with Crippen molar-refractivity contribution in [1.82, 2.24) is 20.1 Å². The Kier molecular flexibility index (Phi) is 7.16. The molecule has 8 heteroatoms. The van der Waals surface area contributed by atoms with Crippen LogP contribution in [0.15, 0.2) is 48.7 Å². The summed E-state index contributed by atoms with van der Waals surface area (Å²) in [5.41, 5.74) is 3.11. The number of ketones is 1. The topological polar surface area (TPSA) is 95.3 Å². The van der Waals surface area contributed by atoms with E-state index >= 15 is 0 Å². The minimum absolute atomic E-state index is 0.0327. The van der Waals surface area contributed by atoms with Crippen LogP contribution in [0.4, 0.5) is 4.79 Å². The highest BCUT2D eigenvalue weighted by Gasteiger charge is 2.19. The van der Waals surface area contributed by atoms with Crippen molar-refractivity contribution < 1.29 is 19.1 Å². The SMILES string of the molecule is COc1ccc(-n2nc(C(=O)C(C)C)cc2-c2ccc(CNC(=O)OC(C)(C)C)cc2)cn1. The van der Waals surface area contributed by atoms with Crippen LogP contribution in [0.5, 0.6) is 5.88 Å². The van der Waals surface area contributed by atoms with E-state index in [2.05, 4.69) is 15.4 Å². The van der Waals surface area contributed by atoms with Crippen LogP contribution in [0.2, 0.25) is 0 Å². The summed E-state index contributed by atoms with van der Waals surface area (Å²) in [5.74, 6) is 0.291. The molecule has 0 radical (unpaired) electrons. The largest absolute Gasteiger partial charge is 0.481 e. The van der Waals surface area contributed by atoms with Crippen LogP contribution in [0, 0.1) is 5.92 Å². The number of amides is 1. The molecule has 0 aliphatic carbocycles. The second-order valence-electron chi connectivity index (χ2n) is 8.96. The summed E-state index contributed by atoms with van der Waals surface area (Å²) in [7, 11) is 1.56. The van der Waals surface area contributed by atoms with E-state index in [0.717, 1.165) is 16.8 Å². The van der Waals surface area contributed by atoms with Gasteiger partial charge in [0, 0.05) is 24.1 Å². The monoisotopic (exact) mass is 450 g/mol. The van der Waals surface area contributed by atoms with Gasteiger partial charge in [-0.25, -0.2) is 14.5 Å². The lowest BCUT2D eigenvalue weighted by Crippen LogP contribution is -2.32. The minimum atomic E-state index is -0.548. The first-order valence-electron chi connectivity index (χ1n) is 10.8. The highest BCUT2D eigenvalue weighted by Crippen LogP contribution is 2.26. The zero-order valence-electron chi connectivity index (χ0n) is 19.9. The van der Waals surface area contributed by atoms with Gasteiger partial charge in [0.2, 0.25) is 5.88 Å². The maximum atomic E-state index is 12.6. The number of carbonyl (C=O) groups is 2. The Morgan fingerprint density at radius 1 is 1.09 bits per heavy atom. The smallest absolute Gasteiger partial charge is 0.407 e. The molecule has 1 amide bonds. The molecule has 3 aromatic rings. The molecular weight excluding hydrogens is 420 g/mol. The standard InChI is InChI=1S/C25H30N4O4/c1-16(2)23(30)20-13-21(29(28-20)19-11-12-22(32-6)26-15-19)18-9-7-17(8-10-18)14-27-24(31)33-25(3,4)5/h7-13,15-16H,14H2,1-6H3,(H,27,31). The van der Waals surface area contributed by atoms with Gasteiger partial charge in [-0.3, -0.25) is 4.79 Å². The maximum absolute atomic E-state index is 12.6. The number of benzene rings is 1. The van der Waals surface area contributed by atoms with E-state index in [1.807, 2.05) is 65.0 Å². The molecule has 0 saturated heterocycles. The number of methoxy groups -OCH3 is 1. The first-order chi connectivity index (χ1) is 15.6. The van der Waals surface area contributed by atoms with Gasteiger partial charge < -0.3 is 14.8 Å². The molecule has 1 N–H and O–H groups in total. The van der Waals surface area contributed by atoms with E-state index in [9.17, 15) is 9.59 Å². The highest BCUT2D eigenvalue weighted by atomic mass is 16.6. The number of hydrogen-bond donors (Lipinski definition) is 1. The third-order valence-corrected chi connectivity index (χ3v) is 4.75. The summed E-state index contributed by atoms with van der Waals surface area (Å²) in [6, 6.07) is 13.1. The number of Topliss-reactive ketones (excluding diaryl/α,β-unsaturated/α-hetero) is 1. The third-order valence-electron chi connectivity index (χ3n) is 4.75. The number of aromatic nitrogens is 3. The van der Waals surface area contributed by atoms with Crippen molar-refractivity contribution in [2.45, 2.75) is 46.8 Å². The molecule has 2 aromatic heterocycles. The number of hydrogen-bond acceptors (Lipinski definition) is 6. The molecule has 8 nitrogen and oxygen atoms in total. The molecule has 174 valence electrons. The fourth-order valence-corrected chi connectivity index (χ4v) is 3.10. The lowest BCUT2D eigenvalue weighted by atomic mass is 10.0. The molecule has 0 spiro atoms. The summed E-state index contributed by atoms with van der Waals surface area (Å²) < 4.78 is 12.1. The normalized spacial score (nSPS) is 11.4. The van der Waals surface area contributed by atoms with Gasteiger partial charge in [-0.05, 0) is 38.5 Å². The van der Waals surface area contributed by atoms with Crippen molar-refractivity contribution in [2.24, 2.45) is 5.92 Å². The number of rotatable bonds is 7. The molecule has 3 rings (SSSR count). The number of alkyl carbamates (subject to hydrolysis) is 1. The van der Waals surface area contributed by atoms with E-state index in [4.69, 9.17) is 9.47 Å². The molecule has 0 fully saturated rings. The Morgan fingerprint density at radius 3 is 2.33 bits per heavy atom. The molecule has 2 heterocycles. The second-order valence-corrected chi connectivity index (χ2v) is 8.96. The van der Waals surface area contributed by atoms with Crippen molar-refractivity contribution in [3.05, 3.63) is 59.9 Å². The zero-order valence-corrected chi connectivity index (χ0v) is 19.9. The Bertz CT molecular complexity index is 1110. The van der Waals surface area contributed by atoms with Gasteiger partial charge in [-0.15, -0.1) is 0 Å². The van der Waals surface area contributed by atoms with E-state index in [0.29, 0.717) is 23.8 Å². The molecule has 0 saturated carbocycles. The van der Waals surface area contributed by atoms with Crippen LogP contribution in [-0.2, 0) is 11.3 Å². The summed E-state index contributed by atoms with van der Waals surface area (Å²) in [5, 5.41) is 7.31. The average Bonchev–Trinajstić information content (AvgIpc) is 3.21. The van der Waals surface area contributed by atoms with Gasteiger partial charge in [0.25, 0.3) is 0 Å². The third kappa shape index (κ3) is 6.19. The molecule has 33 heavy (non-hydrogen) atoms. The predicted octanol–water partition coefficient (Wildman–Crippen LogP) is 4.81. The molecular formula is C25H30N4O4. The van der Waals surface area contributed by atoms with Crippen LogP contribution >= 0.6 is 0 Å². The van der Waals surface area contributed by atoms with E-state index in [-0.39, 0.29) is 11.7 Å². The van der Waals surface area contributed by atoms with Gasteiger partial charge in [0.05, 0.1) is 24.7 Å². The summed E-state index contributed by atoms with van der Waals surface area (Å²) in [4.78, 5) is 28.8. The first-order valence-corrected chi connectivity index (χ1v) is 10.8. The highest BCUT2D eigenvalue weighted by molar-refractivity contribution is 5.96. The second kappa shape index (κ2) is 9.85. The summed E-state index contributed by atoms with van der Waals surface area (Å²) >= 11 is 0. The molecule has 1 aromatic carbocycles. The van der Waals surface area contributed by atoms with E-state index in [1.54, 1.807) is 30.1 Å². The lowest BCUT2D eigenvalue weighted by Gasteiger charge is -2.19. The van der Waals surface area contributed by atoms with Gasteiger partial charge in [-0.1, -0.05) is 38.1 Å². The number of nitrogens with one attached hydrogen (secondary N) is 1. The van der Waals surface area contributed by atoms with Crippen LogP contribution in [0.1, 0.15) is 50.7 Å². The van der Waals surface area contributed by atoms with Gasteiger partial charge >= 0.3 is 6.09 Å². The fraction of sp³-hybridized carbons (Fsp3) is 0.360. The number of pyridine rings is 1. The van der Waals surface area contributed by atoms with Gasteiger partial charge in [0.15, 0.2) is 5.78 Å². The molecule has 0 atom stereocenters. The Morgan fingerprint density at radius 2 is 1.79 bits per heavy atom. The van der Waals surface area contributed by atoms with Crippen molar-refractivity contribution in [1.29, 1.82) is 0 Å². The average molecular weight is 451 g/mol. The lowest BCUT2D eigenvalue weighted by molar-refractivity contribution is 0.0523. The summed E-state index contributed by atoms with van der Waals surface area (Å²) in [6.07, 6.45) is 1.19. The van der Waals surface area contributed by atoms with E-state index < -0.39 is 11.7 Å². The Balaban J connectivity index is 1.87. The van der Waals surface area contributed by atoms with E-state index in [1.165, 1.54) is 0 Å². The predicted molar refractivity (Wildman–Crippen MR) is 126 cm³/mol. The van der Waals surface area contributed by atoms with Crippen molar-refractivity contribution in [2.75, 3.05) is 7.11 Å². The minimum Gasteiger partial charge on any atom is -0.481 e. The van der Waals surface area contributed by atoms with Crippen molar-refractivity contribution >= 4 is 11.9 Å². The van der Waals surface area contributed by atoms with Crippen LogP contribution in [0.25, 0.3) is 16.9 Å². The molecule has 0 bridgehead atoms. The van der Waals surface area contributed by atoms with Crippen molar-refractivity contribution in [3.63, 3.8) is 0 Å². The zero-order chi connectivity index (χ0) is 24.2. The number of nitrogens with zero attached hydrogens (tertiary/aromatic N) is 3. The first kappa shape index (κ1) is 24.0. The van der Waals surface area contributed by atoms with Crippen LogP contribution in [-0.4, -0.2) is 39.4 Å². The maximum Gasteiger partial charge on any atom is 0.407 e. The number of ether oxygens (including phenoxy) is 2. The molecule has 0 aliphatic rings. The van der Waals surface area contributed by atoms with Gasteiger partial charge in [-0.2, -0.15) is 5.10 Å². The van der Waals surface area contributed by atoms with Crippen LogP contribution in [0.3, 0.4) is 0 Å². The summed E-state index contributed by atoms with van der Waals surface area (Å²) in [6.45, 7) is 9.50. The molecule has 0 aliphatic heterocycles. The molecule has 0 unspecified atom stereocenters. The van der Waals surface area contributed by atoms with Crippen LogP contribution < -0.4 is 10.1 Å². The Labute approximate surface area is 193 Å². The Hall–Kier alpha value is -3.68. The van der Waals surface area contributed by atoms with Gasteiger partial charge in [0.1, 0.15) is 11.3 Å². The fourth-order valence-electron chi connectivity index (χ4n) is 3.10. The quantitative estimate of drug-likeness (QED) is 0.519. The van der Waals surface area contributed by atoms with Crippen molar-refractivity contribution in [3.8, 4) is 22.8 Å². The number of carbonyl (C=O) groups excluding carboxylic acids is 2.